The van der Waals surface area contributed by atoms with E-state index < -0.39 is 0 Å². The Labute approximate surface area is 168 Å². The smallest absolute Gasteiger partial charge is 0.226 e. The molecule has 3 heterocycles. The van der Waals surface area contributed by atoms with Crippen molar-refractivity contribution in [2.75, 3.05) is 32.8 Å². The SMILES string of the molecule is Cc1cccc(CC(=O)N2CCC3(CCC(=O)N(CC4CCCO4)C3)CC2)c1. The third-order valence-corrected chi connectivity index (χ3v) is 6.81. The zero-order valence-electron chi connectivity index (χ0n) is 17.0. The second kappa shape index (κ2) is 8.24. The molecule has 1 atom stereocenters. The number of amides is 2. The van der Waals surface area contributed by atoms with Gasteiger partial charge in [-0.2, -0.15) is 0 Å². The van der Waals surface area contributed by atoms with Gasteiger partial charge in [0.2, 0.25) is 11.8 Å². The molecule has 0 N–H and O–H groups in total. The lowest BCUT2D eigenvalue weighted by Crippen LogP contribution is -2.53. The van der Waals surface area contributed by atoms with Gasteiger partial charge in [-0.15, -0.1) is 0 Å². The summed E-state index contributed by atoms with van der Waals surface area (Å²) >= 11 is 0. The molecule has 0 aliphatic carbocycles. The fraction of sp³-hybridized carbons (Fsp3) is 0.652. The van der Waals surface area contributed by atoms with Gasteiger partial charge in [-0.3, -0.25) is 9.59 Å². The van der Waals surface area contributed by atoms with Crippen LogP contribution in [-0.2, 0) is 20.7 Å². The summed E-state index contributed by atoms with van der Waals surface area (Å²) in [4.78, 5) is 29.2. The third-order valence-electron chi connectivity index (χ3n) is 6.81. The molecule has 1 aromatic rings. The Morgan fingerprint density at radius 2 is 2.07 bits per heavy atom. The molecule has 3 saturated heterocycles. The first kappa shape index (κ1) is 19.4. The number of hydrogen-bond acceptors (Lipinski definition) is 3. The summed E-state index contributed by atoms with van der Waals surface area (Å²) in [5.41, 5.74) is 2.48. The lowest BCUT2D eigenvalue weighted by molar-refractivity contribution is -0.143. The van der Waals surface area contributed by atoms with Gasteiger partial charge in [0.25, 0.3) is 0 Å². The second-order valence-corrected chi connectivity index (χ2v) is 8.96. The van der Waals surface area contributed by atoms with E-state index >= 15 is 0 Å². The standard InChI is InChI=1S/C23H32N2O3/c1-18-4-2-5-19(14-18)15-22(27)24-11-9-23(10-12-24)8-7-21(26)25(17-23)16-20-6-3-13-28-20/h2,4-5,14,20H,3,6-13,15-17H2,1H3. The summed E-state index contributed by atoms with van der Waals surface area (Å²) in [7, 11) is 0. The van der Waals surface area contributed by atoms with E-state index in [1.54, 1.807) is 0 Å². The average molecular weight is 385 g/mol. The summed E-state index contributed by atoms with van der Waals surface area (Å²) in [6.45, 7) is 6.10. The second-order valence-electron chi connectivity index (χ2n) is 8.96. The normalized spacial score (nSPS) is 24.8. The van der Waals surface area contributed by atoms with Crippen molar-refractivity contribution in [1.82, 2.24) is 9.80 Å². The van der Waals surface area contributed by atoms with Crippen molar-refractivity contribution >= 4 is 11.8 Å². The van der Waals surface area contributed by atoms with Gasteiger partial charge in [-0.05, 0) is 50.0 Å². The van der Waals surface area contributed by atoms with Gasteiger partial charge < -0.3 is 14.5 Å². The molecule has 3 aliphatic rings. The van der Waals surface area contributed by atoms with Gasteiger partial charge in [0.1, 0.15) is 0 Å². The maximum atomic E-state index is 12.7. The van der Waals surface area contributed by atoms with E-state index in [1.165, 1.54) is 5.56 Å². The van der Waals surface area contributed by atoms with Crippen LogP contribution in [0, 0.1) is 12.3 Å². The van der Waals surface area contributed by atoms with E-state index in [2.05, 4.69) is 19.1 Å². The molecule has 0 bridgehead atoms. The molecule has 4 rings (SSSR count). The summed E-state index contributed by atoms with van der Waals surface area (Å²) in [6.07, 6.45) is 6.49. The molecular weight excluding hydrogens is 352 g/mol. The van der Waals surface area contributed by atoms with Crippen molar-refractivity contribution in [2.45, 2.75) is 58.0 Å². The average Bonchev–Trinajstić information content (AvgIpc) is 3.19. The highest BCUT2D eigenvalue weighted by Gasteiger charge is 2.42. The predicted octanol–water partition coefficient (Wildman–Crippen LogP) is 2.95. The Bertz CT molecular complexity index is 718. The number of aryl methyl sites for hydroxylation is 1. The van der Waals surface area contributed by atoms with Crippen LogP contribution in [-0.4, -0.2) is 60.5 Å². The zero-order valence-corrected chi connectivity index (χ0v) is 17.0. The molecule has 3 fully saturated rings. The van der Waals surface area contributed by atoms with Gasteiger partial charge in [-0.1, -0.05) is 29.8 Å². The monoisotopic (exact) mass is 384 g/mol. The van der Waals surface area contributed by atoms with Crippen molar-refractivity contribution < 1.29 is 14.3 Å². The lowest BCUT2D eigenvalue weighted by atomic mass is 9.72. The molecule has 152 valence electrons. The van der Waals surface area contributed by atoms with E-state index in [9.17, 15) is 9.59 Å². The Hall–Kier alpha value is -1.88. The number of likely N-dealkylation sites (tertiary alicyclic amines) is 2. The van der Waals surface area contributed by atoms with Gasteiger partial charge >= 0.3 is 0 Å². The van der Waals surface area contributed by atoms with Crippen LogP contribution in [0.5, 0.6) is 0 Å². The van der Waals surface area contributed by atoms with Crippen molar-refractivity contribution in [3.8, 4) is 0 Å². The highest BCUT2D eigenvalue weighted by atomic mass is 16.5. The minimum absolute atomic E-state index is 0.187. The number of rotatable bonds is 4. The van der Waals surface area contributed by atoms with E-state index in [-0.39, 0.29) is 23.3 Å². The van der Waals surface area contributed by atoms with Crippen LogP contribution < -0.4 is 0 Å². The van der Waals surface area contributed by atoms with Gasteiger partial charge in [-0.25, -0.2) is 0 Å². The molecular formula is C23H32N2O3. The first-order chi connectivity index (χ1) is 13.5. The van der Waals surface area contributed by atoms with Crippen LogP contribution in [0.4, 0.5) is 0 Å². The summed E-state index contributed by atoms with van der Waals surface area (Å²) in [6, 6.07) is 8.21. The number of carbonyl (C=O) groups excluding carboxylic acids is 2. The van der Waals surface area contributed by atoms with Gasteiger partial charge in [0.15, 0.2) is 0 Å². The van der Waals surface area contributed by atoms with Crippen LogP contribution in [0.25, 0.3) is 0 Å². The Morgan fingerprint density at radius 3 is 2.79 bits per heavy atom. The topological polar surface area (TPSA) is 49.9 Å². The number of nitrogens with zero attached hydrogens (tertiary/aromatic N) is 2. The molecule has 0 radical (unpaired) electrons. The van der Waals surface area contributed by atoms with Crippen LogP contribution in [0.2, 0.25) is 0 Å². The molecule has 0 saturated carbocycles. The van der Waals surface area contributed by atoms with E-state index in [4.69, 9.17) is 4.74 Å². The molecule has 5 nitrogen and oxygen atoms in total. The maximum Gasteiger partial charge on any atom is 0.226 e. The van der Waals surface area contributed by atoms with Crippen LogP contribution in [0.3, 0.4) is 0 Å². The number of piperidine rings is 2. The number of carbonyl (C=O) groups is 2. The molecule has 2 amide bonds. The first-order valence-corrected chi connectivity index (χ1v) is 10.8. The highest BCUT2D eigenvalue weighted by Crippen LogP contribution is 2.40. The maximum absolute atomic E-state index is 12.7. The van der Waals surface area contributed by atoms with E-state index in [1.807, 2.05) is 21.9 Å². The molecule has 1 unspecified atom stereocenters. The molecule has 28 heavy (non-hydrogen) atoms. The van der Waals surface area contributed by atoms with Crippen LogP contribution >= 0.6 is 0 Å². The minimum Gasteiger partial charge on any atom is -0.376 e. The summed E-state index contributed by atoms with van der Waals surface area (Å²) < 4.78 is 5.75. The quantitative estimate of drug-likeness (QED) is 0.802. The van der Waals surface area contributed by atoms with Gasteiger partial charge in [0.05, 0.1) is 12.5 Å². The molecule has 1 spiro atoms. The Kier molecular flexibility index (Phi) is 5.72. The Morgan fingerprint density at radius 1 is 1.25 bits per heavy atom. The molecule has 1 aromatic carbocycles. The Balaban J connectivity index is 1.32. The van der Waals surface area contributed by atoms with Crippen LogP contribution in [0.15, 0.2) is 24.3 Å². The number of benzene rings is 1. The lowest BCUT2D eigenvalue weighted by Gasteiger charge is -2.47. The molecule has 3 aliphatic heterocycles. The van der Waals surface area contributed by atoms with Crippen molar-refractivity contribution in [3.63, 3.8) is 0 Å². The minimum atomic E-state index is 0.187. The highest BCUT2D eigenvalue weighted by molar-refractivity contribution is 5.79. The van der Waals surface area contributed by atoms with Crippen molar-refractivity contribution in [3.05, 3.63) is 35.4 Å². The third kappa shape index (κ3) is 4.40. The zero-order chi connectivity index (χ0) is 19.6. The van der Waals surface area contributed by atoms with Gasteiger partial charge in [0, 0.05) is 39.2 Å². The summed E-state index contributed by atoms with van der Waals surface area (Å²) in [5, 5.41) is 0. The molecule has 5 heteroatoms. The number of hydrogen-bond donors (Lipinski definition) is 0. The number of ether oxygens (including phenoxy) is 1. The fourth-order valence-electron chi connectivity index (χ4n) is 5.05. The fourth-order valence-corrected chi connectivity index (χ4v) is 5.05. The van der Waals surface area contributed by atoms with Crippen molar-refractivity contribution in [1.29, 1.82) is 0 Å². The summed E-state index contributed by atoms with van der Waals surface area (Å²) in [5.74, 6) is 0.502. The van der Waals surface area contributed by atoms with Crippen molar-refractivity contribution in [2.24, 2.45) is 5.41 Å². The molecule has 0 aromatic heterocycles. The van der Waals surface area contributed by atoms with E-state index in [0.717, 1.165) is 70.5 Å². The predicted molar refractivity (Wildman–Crippen MR) is 108 cm³/mol. The van der Waals surface area contributed by atoms with E-state index in [0.29, 0.717) is 12.8 Å². The largest absolute Gasteiger partial charge is 0.376 e. The first-order valence-electron chi connectivity index (χ1n) is 10.8. The van der Waals surface area contributed by atoms with Crippen LogP contribution in [0.1, 0.15) is 49.7 Å².